The Morgan fingerprint density at radius 3 is 2.44 bits per heavy atom. The number of nitrogens with zero attached hydrogens (tertiary/aromatic N) is 5. The van der Waals surface area contributed by atoms with Gasteiger partial charge in [-0.05, 0) is 67.6 Å². The fourth-order valence-electron chi connectivity index (χ4n) is 5.57. The first-order valence-electron chi connectivity index (χ1n) is 13.7. The van der Waals surface area contributed by atoms with Crippen molar-refractivity contribution in [3.05, 3.63) is 81.8 Å². The molecule has 2 aromatic heterocycles. The summed E-state index contributed by atoms with van der Waals surface area (Å²) in [5, 5.41) is 3.31. The van der Waals surface area contributed by atoms with Crippen LogP contribution in [0, 0.1) is 0 Å². The molecule has 0 radical (unpaired) electrons. The van der Waals surface area contributed by atoms with E-state index in [1.165, 1.54) is 30.4 Å². The number of fused-ring (bicyclic) bond motifs is 2. The fourth-order valence-corrected chi connectivity index (χ4v) is 6.51. The molecule has 6 rings (SSSR count). The number of pyridine rings is 1. The number of Topliss-reactive ketones (excluding diaryl/α,β-unsaturated/α-hetero) is 1. The average molecular weight is 613 g/mol. The second-order valence-corrected chi connectivity index (χ2v) is 12.5. The Bertz CT molecular complexity index is 1920. The number of rotatable bonds is 6. The highest BCUT2D eigenvalue weighted by molar-refractivity contribution is 7.90. The van der Waals surface area contributed by atoms with Crippen molar-refractivity contribution in [1.29, 1.82) is 0 Å². The fraction of sp³-hybridized carbons (Fsp3) is 0.310. The van der Waals surface area contributed by atoms with Crippen LogP contribution in [-0.2, 0) is 22.9 Å². The maximum Gasteiger partial charge on any atom is 0.511 e. The molecule has 0 spiro atoms. The Kier molecular flexibility index (Phi) is 7.21. The van der Waals surface area contributed by atoms with Gasteiger partial charge in [-0.25, -0.2) is 13.4 Å². The van der Waals surface area contributed by atoms with Crippen molar-refractivity contribution >= 4 is 44.2 Å². The molecule has 10 nitrogen and oxygen atoms in total. The molecule has 3 heterocycles. The van der Waals surface area contributed by atoms with E-state index in [0.717, 1.165) is 24.9 Å². The smallest absolute Gasteiger partial charge is 0.369 e. The molecule has 1 saturated heterocycles. The summed E-state index contributed by atoms with van der Waals surface area (Å²) < 4.78 is 64.5. The summed E-state index contributed by atoms with van der Waals surface area (Å²) in [6.45, 7) is 0.910. The predicted molar refractivity (Wildman–Crippen MR) is 156 cm³/mol. The second kappa shape index (κ2) is 10.8. The molecule has 2 aliphatic rings. The number of hydrogen-bond donors (Lipinski definition) is 1. The van der Waals surface area contributed by atoms with E-state index in [2.05, 4.69) is 27.4 Å². The van der Waals surface area contributed by atoms with Crippen LogP contribution in [0.15, 0.2) is 59.7 Å². The minimum Gasteiger partial charge on any atom is -0.369 e. The van der Waals surface area contributed by atoms with E-state index in [1.807, 2.05) is 6.07 Å². The van der Waals surface area contributed by atoms with E-state index >= 15 is 0 Å². The van der Waals surface area contributed by atoms with Crippen LogP contribution in [0.25, 0.3) is 16.7 Å². The normalized spacial score (nSPS) is 16.0. The Balaban J connectivity index is 1.29. The van der Waals surface area contributed by atoms with Gasteiger partial charge >= 0.3 is 15.5 Å². The summed E-state index contributed by atoms with van der Waals surface area (Å²) in [5.74, 6) is -0.173. The second-order valence-electron chi connectivity index (χ2n) is 10.5. The molecule has 2 aromatic carbocycles. The number of halogens is 3. The predicted octanol–water partition coefficient (Wildman–Crippen LogP) is 4.19. The van der Waals surface area contributed by atoms with E-state index in [1.54, 1.807) is 33.7 Å². The molecular weight excluding hydrogens is 585 g/mol. The average Bonchev–Trinajstić information content (AvgIpc) is 3.45. The van der Waals surface area contributed by atoms with Crippen LogP contribution in [0.1, 0.15) is 34.8 Å². The summed E-state index contributed by atoms with van der Waals surface area (Å²) in [7, 11) is -5.37. The third-order valence-corrected chi connectivity index (χ3v) is 9.45. The van der Waals surface area contributed by atoms with E-state index in [-0.39, 0.29) is 48.9 Å². The first kappa shape index (κ1) is 28.8. The number of aryl methyl sites for hydroxylation is 2. The third kappa shape index (κ3) is 5.36. The molecule has 1 N–H and O–H groups in total. The molecule has 4 aromatic rings. The maximum atomic E-state index is 13.1. The quantitative estimate of drug-likeness (QED) is 0.322. The number of carbonyl (C=O) groups is 1. The van der Waals surface area contributed by atoms with Gasteiger partial charge in [-0.1, -0.05) is 12.1 Å². The molecule has 43 heavy (non-hydrogen) atoms. The lowest BCUT2D eigenvalue weighted by molar-refractivity contribution is -0.0490. The summed E-state index contributed by atoms with van der Waals surface area (Å²) >= 11 is 0. The number of anilines is 3. The first-order valence-corrected chi connectivity index (χ1v) is 15.1. The highest BCUT2D eigenvalue weighted by Crippen LogP contribution is 2.30. The van der Waals surface area contributed by atoms with Crippen LogP contribution in [0.4, 0.5) is 30.5 Å². The van der Waals surface area contributed by atoms with Crippen molar-refractivity contribution in [2.24, 2.45) is 0 Å². The van der Waals surface area contributed by atoms with Gasteiger partial charge in [0.1, 0.15) is 0 Å². The zero-order chi connectivity index (χ0) is 30.5. The highest BCUT2D eigenvalue weighted by atomic mass is 32.2. The van der Waals surface area contributed by atoms with Gasteiger partial charge in [-0.3, -0.25) is 9.59 Å². The topological polar surface area (TPSA) is 118 Å². The summed E-state index contributed by atoms with van der Waals surface area (Å²) in [5.41, 5.74) is -0.915. The standard InChI is InChI=1S/C29H27F3N6O4S/c1-18(39)25-17-38(23-9-8-19-4-2-5-20(19)14-23)27-24(26(25)40)16-33-28(35-27)34-21-6-3-7-22(15-21)36-10-12-37(13-11-36)43(41,42)29(30,31)32/h3,6-9,14-17H,2,4-5,10-13H2,1H3,(H,33,34,35). The van der Waals surface area contributed by atoms with Gasteiger partial charge in [0.05, 0.1) is 10.9 Å². The van der Waals surface area contributed by atoms with E-state index in [9.17, 15) is 31.2 Å². The van der Waals surface area contributed by atoms with Crippen LogP contribution in [0.5, 0.6) is 0 Å². The molecule has 0 atom stereocenters. The lowest BCUT2D eigenvalue weighted by Crippen LogP contribution is -2.52. The van der Waals surface area contributed by atoms with Crippen molar-refractivity contribution in [1.82, 2.24) is 18.8 Å². The molecule has 14 heteroatoms. The number of carbonyl (C=O) groups excluding carboxylic acids is 1. The number of alkyl halides is 3. The van der Waals surface area contributed by atoms with Gasteiger partial charge in [0.2, 0.25) is 11.4 Å². The van der Waals surface area contributed by atoms with Crippen LogP contribution in [-0.4, -0.2) is 64.7 Å². The van der Waals surface area contributed by atoms with Gasteiger partial charge in [0.25, 0.3) is 0 Å². The van der Waals surface area contributed by atoms with Crippen molar-refractivity contribution in [3.63, 3.8) is 0 Å². The van der Waals surface area contributed by atoms with Crippen molar-refractivity contribution < 1.29 is 26.4 Å². The zero-order valence-electron chi connectivity index (χ0n) is 23.1. The van der Waals surface area contributed by atoms with E-state index in [0.29, 0.717) is 21.3 Å². The maximum absolute atomic E-state index is 13.1. The molecule has 0 saturated carbocycles. The van der Waals surface area contributed by atoms with Crippen LogP contribution < -0.4 is 15.6 Å². The van der Waals surface area contributed by atoms with Gasteiger partial charge in [0.15, 0.2) is 11.4 Å². The van der Waals surface area contributed by atoms with Gasteiger partial charge in [-0.2, -0.15) is 22.5 Å². The molecule has 1 aliphatic heterocycles. The van der Waals surface area contributed by atoms with Crippen molar-refractivity contribution in [3.8, 4) is 5.69 Å². The molecule has 224 valence electrons. The van der Waals surface area contributed by atoms with Crippen molar-refractivity contribution in [2.75, 3.05) is 36.4 Å². The van der Waals surface area contributed by atoms with Crippen molar-refractivity contribution in [2.45, 2.75) is 31.7 Å². The van der Waals surface area contributed by atoms with Gasteiger partial charge in [0, 0.05) is 55.6 Å². The Morgan fingerprint density at radius 1 is 0.977 bits per heavy atom. The molecule has 1 aliphatic carbocycles. The summed E-state index contributed by atoms with van der Waals surface area (Å²) in [6.07, 6.45) is 5.93. The lowest BCUT2D eigenvalue weighted by Gasteiger charge is -2.35. The Morgan fingerprint density at radius 2 is 1.72 bits per heavy atom. The SMILES string of the molecule is CC(=O)c1cn(-c2ccc3c(c2)CCC3)c2nc(Nc3cccc(N4CCN(S(=O)(=O)C(F)(F)F)CC4)c3)ncc2c1=O. The molecule has 1 fully saturated rings. The zero-order valence-corrected chi connectivity index (χ0v) is 23.9. The van der Waals surface area contributed by atoms with E-state index < -0.39 is 21.0 Å². The summed E-state index contributed by atoms with van der Waals surface area (Å²) in [4.78, 5) is 36.2. The Hall–Kier alpha value is -4.30. The minimum absolute atomic E-state index is 0.0353. The Labute approximate surface area is 244 Å². The van der Waals surface area contributed by atoms with Gasteiger partial charge < -0.3 is 14.8 Å². The number of aromatic nitrogens is 3. The highest BCUT2D eigenvalue weighted by Gasteiger charge is 2.50. The largest absolute Gasteiger partial charge is 0.511 e. The molecule has 0 amide bonds. The number of sulfonamides is 1. The number of benzene rings is 2. The van der Waals surface area contributed by atoms with Gasteiger partial charge in [-0.15, -0.1) is 0 Å². The number of nitrogens with one attached hydrogen (secondary N) is 1. The number of hydrogen-bond acceptors (Lipinski definition) is 8. The number of piperazine rings is 1. The van der Waals surface area contributed by atoms with Crippen LogP contribution >= 0.6 is 0 Å². The lowest BCUT2D eigenvalue weighted by atomic mass is 10.1. The molecule has 0 bridgehead atoms. The molecular formula is C29H27F3N6O4S. The van der Waals surface area contributed by atoms with E-state index in [4.69, 9.17) is 0 Å². The van der Waals surface area contributed by atoms with Crippen LogP contribution in [0.2, 0.25) is 0 Å². The third-order valence-electron chi connectivity index (χ3n) is 7.82. The number of ketones is 1. The summed E-state index contributed by atoms with van der Waals surface area (Å²) in [6, 6.07) is 13.1. The van der Waals surface area contributed by atoms with Crippen LogP contribution in [0.3, 0.4) is 0 Å². The molecule has 0 unspecified atom stereocenters. The monoisotopic (exact) mass is 612 g/mol. The minimum atomic E-state index is -5.37. The first-order chi connectivity index (χ1) is 20.4.